The van der Waals surface area contributed by atoms with Crippen molar-refractivity contribution in [3.63, 3.8) is 0 Å². The van der Waals surface area contributed by atoms with E-state index in [-0.39, 0.29) is 0 Å². The zero-order chi connectivity index (χ0) is 7.68. The van der Waals surface area contributed by atoms with Crippen LogP contribution in [0.1, 0.15) is 11.1 Å². The van der Waals surface area contributed by atoms with Crippen molar-refractivity contribution in [3.05, 3.63) is 33.8 Å². The predicted molar refractivity (Wildman–Crippen MR) is 48.6 cm³/mol. The number of fused-ring (bicyclic) bond motifs is 1. The van der Waals surface area contributed by atoms with Gasteiger partial charge in [0.25, 0.3) is 0 Å². The highest BCUT2D eigenvalue weighted by Gasteiger charge is 2.03. The highest BCUT2D eigenvalue weighted by molar-refractivity contribution is 9.10. The van der Waals surface area contributed by atoms with E-state index in [9.17, 15) is 0 Å². The molecule has 0 spiro atoms. The summed E-state index contributed by atoms with van der Waals surface area (Å²) in [5, 5.41) is 3.96. The van der Waals surface area contributed by atoms with Crippen LogP contribution in [0.2, 0.25) is 0 Å². The molecular weight excluding hydrogens is 204 g/mol. The maximum absolute atomic E-state index is 3.96. The summed E-state index contributed by atoms with van der Waals surface area (Å²) in [4.78, 5) is 0. The van der Waals surface area contributed by atoms with E-state index in [1.54, 1.807) is 0 Å². The molecule has 0 amide bonds. The van der Waals surface area contributed by atoms with Crippen molar-refractivity contribution in [1.29, 1.82) is 0 Å². The Labute approximate surface area is 73.4 Å². The summed E-state index contributed by atoms with van der Waals surface area (Å²) in [6.07, 6.45) is 1.84. The maximum atomic E-state index is 3.96. The zero-order valence-electron chi connectivity index (χ0n) is 5.84. The third-order valence-corrected chi connectivity index (χ3v) is 2.17. The van der Waals surface area contributed by atoms with E-state index in [1.807, 2.05) is 12.3 Å². The maximum Gasteiger partial charge on any atom is 0.0586 e. The molecule has 0 aromatic heterocycles. The molecule has 0 bridgehead atoms. The van der Waals surface area contributed by atoms with Crippen LogP contribution in [-0.4, -0.2) is 6.21 Å². The van der Waals surface area contributed by atoms with Crippen LogP contribution in [-0.2, 0) is 6.54 Å². The molecule has 3 heteroatoms. The molecule has 56 valence electrons. The van der Waals surface area contributed by atoms with Crippen molar-refractivity contribution in [2.45, 2.75) is 6.54 Å². The number of benzene rings is 1. The molecule has 1 aromatic carbocycles. The summed E-state index contributed by atoms with van der Waals surface area (Å²) < 4.78 is 1.10. The number of hydrogen-bond acceptors (Lipinski definition) is 2. The van der Waals surface area contributed by atoms with Crippen LogP contribution in [0.5, 0.6) is 0 Å². The van der Waals surface area contributed by atoms with Gasteiger partial charge in [-0.2, -0.15) is 5.10 Å². The molecular formula is C8H7BrN2. The fourth-order valence-corrected chi connectivity index (χ4v) is 1.47. The van der Waals surface area contributed by atoms with Crippen molar-refractivity contribution >= 4 is 22.1 Å². The number of hydrogen-bond donors (Lipinski definition) is 1. The Hall–Kier alpha value is -0.830. The van der Waals surface area contributed by atoms with Crippen LogP contribution in [0.15, 0.2) is 27.8 Å². The standard InChI is InChI=1S/C8H7BrN2/c9-8-2-1-6-4-10-11-5-7(6)3-8/h1-3,5,10H,4H2. The Kier molecular flexibility index (Phi) is 1.66. The first-order valence-corrected chi connectivity index (χ1v) is 4.20. The molecule has 1 aromatic rings. The number of hydrazone groups is 1. The smallest absolute Gasteiger partial charge is 0.0586 e. The van der Waals surface area contributed by atoms with Gasteiger partial charge in [-0.15, -0.1) is 0 Å². The van der Waals surface area contributed by atoms with Gasteiger partial charge in [0.1, 0.15) is 0 Å². The molecule has 0 saturated carbocycles. The molecule has 2 rings (SSSR count). The number of nitrogens with one attached hydrogen (secondary N) is 1. The minimum Gasteiger partial charge on any atom is -0.306 e. The zero-order valence-corrected chi connectivity index (χ0v) is 7.43. The molecule has 1 aliphatic heterocycles. The van der Waals surface area contributed by atoms with Crippen LogP contribution in [0, 0.1) is 0 Å². The van der Waals surface area contributed by atoms with Gasteiger partial charge in [-0.3, -0.25) is 0 Å². The van der Waals surface area contributed by atoms with Crippen LogP contribution < -0.4 is 5.43 Å². The van der Waals surface area contributed by atoms with Crippen molar-refractivity contribution in [3.8, 4) is 0 Å². The predicted octanol–water partition coefficient (Wildman–Crippen LogP) is 1.89. The molecule has 0 radical (unpaired) electrons. The Balaban J connectivity index is 2.54. The van der Waals surface area contributed by atoms with Crippen molar-refractivity contribution in [2.75, 3.05) is 0 Å². The number of halogens is 1. The van der Waals surface area contributed by atoms with Crippen LogP contribution in [0.25, 0.3) is 0 Å². The van der Waals surface area contributed by atoms with Crippen LogP contribution in [0.4, 0.5) is 0 Å². The molecule has 0 fully saturated rings. The summed E-state index contributed by atoms with van der Waals surface area (Å²) in [6.45, 7) is 0.832. The summed E-state index contributed by atoms with van der Waals surface area (Å²) in [5.41, 5.74) is 5.40. The van der Waals surface area contributed by atoms with Gasteiger partial charge in [0.2, 0.25) is 0 Å². The van der Waals surface area contributed by atoms with E-state index < -0.39 is 0 Å². The van der Waals surface area contributed by atoms with E-state index in [1.165, 1.54) is 11.1 Å². The Morgan fingerprint density at radius 2 is 2.36 bits per heavy atom. The van der Waals surface area contributed by atoms with Crippen molar-refractivity contribution < 1.29 is 0 Å². The Morgan fingerprint density at radius 1 is 1.45 bits per heavy atom. The topological polar surface area (TPSA) is 24.4 Å². The SMILES string of the molecule is Brc1ccc2c(c1)C=NNC2. The molecule has 1 aliphatic rings. The first-order chi connectivity index (χ1) is 5.36. The molecule has 0 atom stereocenters. The minimum atomic E-state index is 0.832. The number of rotatable bonds is 0. The lowest BCUT2D eigenvalue weighted by atomic mass is 10.1. The monoisotopic (exact) mass is 210 g/mol. The summed E-state index contributed by atoms with van der Waals surface area (Å²) in [5.74, 6) is 0. The van der Waals surface area contributed by atoms with Gasteiger partial charge in [0.15, 0.2) is 0 Å². The molecule has 1 N–H and O–H groups in total. The van der Waals surface area contributed by atoms with Gasteiger partial charge in [-0.1, -0.05) is 22.0 Å². The Bertz CT molecular complexity index is 307. The van der Waals surface area contributed by atoms with Gasteiger partial charge in [-0.25, -0.2) is 0 Å². The van der Waals surface area contributed by atoms with E-state index in [4.69, 9.17) is 0 Å². The lowest BCUT2D eigenvalue weighted by Gasteiger charge is -2.10. The first kappa shape index (κ1) is 6.85. The van der Waals surface area contributed by atoms with Gasteiger partial charge < -0.3 is 5.43 Å². The molecule has 1 heterocycles. The van der Waals surface area contributed by atoms with Gasteiger partial charge in [-0.05, 0) is 17.7 Å². The second-order valence-corrected chi connectivity index (χ2v) is 3.35. The molecule has 0 saturated heterocycles. The lowest BCUT2D eigenvalue weighted by molar-refractivity contribution is 0.735. The van der Waals surface area contributed by atoms with Crippen LogP contribution >= 0.6 is 15.9 Å². The quantitative estimate of drug-likeness (QED) is 0.696. The van der Waals surface area contributed by atoms with E-state index in [0.717, 1.165) is 11.0 Å². The third kappa shape index (κ3) is 1.28. The first-order valence-electron chi connectivity index (χ1n) is 3.40. The normalized spacial score (nSPS) is 13.9. The largest absolute Gasteiger partial charge is 0.306 e. The van der Waals surface area contributed by atoms with E-state index >= 15 is 0 Å². The fourth-order valence-electron chi connectivity index (χ4n) is 1.09. The molecule has 0 unspecified atom stereocenters. The molecule has 0 aliphatic carbocycles. The summed E-state index contributed by atoms with van der Waals surface area (Å²) in [7, 11) is 0. The third-order valence-electron chi connectivity index (χ3n) is 1.67. The highest BCUT2D eigenvalue weighted by atomic mass is 79.9. The highest BCUT2D eigenvalue weighted by Crippen LogP contribution is 2.16. The second-order valence-electron chi connectivity index (χ2n) is 2.44. The van der Waals surface area contributed by atoms with E-state index in [2.05, 4.69) is 38.6 Å². The minimum absolute atomic E-state index is 0.832. The molecule has 11 heavy (non-hydrogen) atoms. The van der Waals surface area contributed by atoms with E-state index in [0.29, 0.717) is 0 Å². The second kappa shape index (κ2) is 2.66. The summed E-state index contributed by atoms with van der Waals surface area (Å²) in [6, 6.07) is 6.21. The van der Waals surface area contributed by atoms with Crippen molar-refractivity contribution in [2.24, 2.45) is 5.10 Å². The fraction of sp³-hybridized carbons (Fsp3) is 0.125. The summed E-state index contributed by atoms with van der Waals surface area (Å²) >= 11 is 3.41. The van der Waals surface area contributed by atoms with Gasteiger partial charge in [0, 0.05) is 10.0 Å². The lowest BCUT2D eigenvalue weighted by Crippen LogP contribution is -2.12. The van der Waals surface area contributed by atoms with Gasteiger partial charge >= 0.3 is 0 Å². The van der Waals surface area contributed by atoms with Crippen LogP contribution in [0.3, 0.4) is 0 Å². The number of nitrogens with zero attached hydrogens (tertiary/aromatic N) is 1. The average Bonchev–Trinajstić information content (AvgIpc) is 2.04. The average molecular weight is 211 g/mol. The van der Waals surface area contributed by atoms with Gasteiger partial charge in [0.05, 0.1) is 12.8 Å². The molecule has 2 nitrogen and oxygen atoms in total. The van der Waals surface area contributed by atoms with Crippen molar-refractivity contribution in [1.82, 2.24) is 5.43 Å². The Morgan fingerprint density at radius 3 is 3.27 bits per heavy atom.